The zero-order valence-electron chi connectivity index (χ0n) is 11.4. The van der Waals surface area contributed by atoms with Gasteiger partial charge in [0.25, 0.3) is 0 Å². The molecule has 4 nitrogen and oxygen atoms in total. The summed E-state index contributed by atoms with van der Waals surface area (Å²) in [5.41, 5.74) is 6.48. The van der Waals surface area contributed by atoms with Gasteiger partial charge in [-0.3, -0.25) is 4.79 Å². The fraction of sp³-hybridized carbons (Fsp3) is 0.500. The Morgan fingerprint density at radius 2 is 2.16 bits per heavy atom. The fourth-order valence-electron chi connectivity index (χ4n) is 1.58. The highest BCUT2D eigenvalue weighted by Gasteiger charge is 2.00. The van der Waals surface area contributed by atoms with E-state index in [9.17, 15) is 4.79 Å². The number of aryl methyl sites for hydroxylation is 1. The molecule has 0 atom stereocenters. The highest BCUT2D eigenvalue weighted by atomic mass is 35.5. The number of halogens is 1. The molecule has 1 amide bonds. The Bertz CT molecular complexity index is 372. The van der Waals surface area contributed by atoms with Crippen LogP contribution in [0.5, 0.6) is 5.75 Å². The first-order chi connectivity index (χ1) is 8.72. The third-order valence-corrected chi connectivity index (χ3v) is 2.52. The van der Waals surface area contributed by atoms with E-state index in [0.29, 0.717) is 26.1 Å². The number of amides is 1. The summed E-state index contributed by atoms with van der Waals surface area (Å²) in [5.74, 6) is 0.957. The van der Waals surface area contributed by atoms with Gasteiger partial charge in [0.1, 0.15) is 5.75 Å². The SMILES string of the molecule is Cc1cccc(OCCCCC(=O)NCCN)c1.Cl. The van der Waals surface area contributed by atoms with Crippen molar-refractivity contribution in [2.75, 3.05) is 19.7 Å². The number of ether oxygens (including phenoxy) is 1. The topological polar surface area (TPSA) is 64.3 Å². The second-order valence-electron chi connectivity index (χ2n) is 4.26. The molecule has 0 heterocycles. The second kappa shape index (κ2) is 10.6. The Morgan fingerprint density at radius 3 is 2.84 bits per heavy atom. The van der Waals surface area contributed by atoms with Crippen LogP contribution in [0.1, 0.15) is 24.8 Å². The van der Waals surface area contributed by atoms with Crippen LogP contribution in [0.4, 0.5) is 0 Å². The third-order valence-electron chi connectivity index (χ3n) is 2.52. The first-order valence-electron chi connectivity index (χ1n) is 6.38. The first kappa shape index (κ1) is 17.7. The minimum absolute atomic E-state index is 0. The van der Waals surface area contributed by atoms with Gasteiger partial charge in [0, 0.05) is 19.5 Å². The molecule has 0 aliphatic carbocycles. The van der Waals surface area contributed by atoms with E-state index in [2.05, 4.69) is 5.32 Å². The predicted molar refractivity (Wildman–Crippen MR) is 79.8 cm³/mol. The molecule has 5 heteroatoms. The maximum absolute atomic E-state index is 11.3. The summed E-state index contributed by atoms with van der Waals surface area (Å²) in [6.07, 6.45) is 2.25. The first-order valence-corrected chi connectivity index (χ1v) is 6.38. The Hall–Kier alpha value is -1.26. The van der Waals surface area contributed by atoms with E-state index in [4.69, 9.17) is 10.5 Å². The lowest BCUT2D eigenvalue weighted by molar-refractivity contribution is -0.121. The van der Waals surface area contributed by atoms with E-state index in [1.54, 1.807) is 0 Å². The van der Waals surface area contributed by atoms with E-state index >= 15 is 0 Å². The van der Waals surface area contributed by atoms with E-state index < -0.39 is 0 Å². The van der Waals surface area contributed by atoms with Crippen LogP contribution in [0.3, 0.4) is 0 Å². The molecule has 0 bridgehead atoms. The van der Waals surface area contributed by atoms with Gasteiger partial charge in [-0.2, -0.15) is 0 Å². The average molecular weight is 287 g/mol. The molecule has 0 aliphatic rings. The Kier molecular flexibility index (Phi) is 9.94. The largest absolute Gasteiger partial charge is 0.494 e. The van der Waals surface area contributed by atoms with Crippen molar-refractivity contribution in [3.05, 3.63) is 29.8 Å². The molecule has 0 unspecified atom stereocenters. The van der Waals surface area contributed by atoms with Crippen LogP contribution in [0.15, 0.2) is 24.3 Å². The molecule has 1 aromatic carbocycles. The molecule has 0 saturated carbocycles. The summed E-state index contributed by atoms with van der Waals surface area (Å²) in [6.45, 7) is 3.73. The summed E-state index contributed by atoms with van der Waals surface area (Å²) in [5, 5.41) is 2.74. The maximum Gasteiger partial charge on any atom is 0.220 e. The van der Waals surface area contributed by atoms with Crippen LogP contribution in [0.25, 0.3) is 0 Å². The lowest BCUT2D eigenvalue weighted by Crippen LogP contribution is -2.28. The number of hydrogen-bond acceptors (Lipinski definition) is 3. The van der Waals surface area contributed by atoms with E-state index in [1.807, 2.05) is 31.2 Å². The van der Waals surface area contributed by atoms with Gasteiger partial charge in [0.05, 0.1) is 6.61 Å². The van der Waals surface area contributed by atoms with Crippen molar-refractivity contribution in [1.82, 2.24) is 5.32 Å². The molecule has 0 spiro atoms. The maximum atomic E-state index is 11.3. The van der Waals surface area contributed by atoms with Gasteiger partial charge in [-0.25, -0.2) is 0 Å². The monoisotopic (exact) mass is 286 g/mol. The number of rotatable bonds is 8. The Morgan fingerprint density at radius 1 is 1.37 bits per heavy atom. The fourth-order valence-corrected chi connectivity index (χ4v) is 1.58. The molecule has 0 fully saturated rings. The molecule has 0 saturated heterocycles. The van der Waals surface area contributed by atoms with Gasteiger partial charge >= 0.3 is 0 Å². The van der Waals surface area contributed by atoms with Gasteiger partial charge in [-0.15, -0.1) is 12.4 Å². The molecule has 19 heavy (non-hydrogen) atoms. The van der Waals surface area contributed by atoms with Crippen LogP contribution >= 0.6 is 12.4 Å². The van der Waals surface area contributed by atoms with Crippen LogP contribution in [-0.4, -0.2) is 25.6 Å². The zero-order valence-corrected chi connectivity index (χ0v) is 12.2. The summed E-state index contributed by atoms with van der Waals surface area (Å²) in [6, 6.07) is 7.97. The number of nitrogens with two attached hydrogens (primary N) is 1. The van der Waals surface area contributed by atoms with Crippen molar-refractivity contribution in [1.29, 1.82) is 0 Å². The summed E-state index contributed by atoms with van der Waals surface area (Å²) in [7, 11) is 0. The van der Waals surface area contributed by atoms with Crippen LogP contribution in [0, 0.1) is 6.92 Å². The van der Waals surface area contributed by atoms with Crippen molar-refractivity contribution in [3.63, 3.8) is 0 Å². The van der Waals surface area contributed by atoms with Gasteiger partial charge in [0.2, 0.25) is 5.91 Å². The Labute approximate surface area is 121 Å². The number of carbonyl (C=O) groups excluding carboxylic acids is 1. The van der Waals surface area contributed by atoms with Crippen molar-refractivity contribution < 1.29 is 9.53 Å². The molecule has 1 aromatic rings. The van der Waals surface area contributed by atoms with Gasteiger partial charge < -0.3 is 15.8 Å². The average Bonchev–Trinajstić information content (AvgIpc) is 2.36. The number of carbonyl (C=O) groups is 1. The van der Waals surface area contributed by atoms with Crippen molar-refractivity contribution in [2.24, 2.45) is 5.73 Å². The summed E-state index contributed by atoms with van der Waals surface area (Å²) >= 11 is 0. The van der Waals surface area contributed by atoms with E-state index in [0.717, 1.165) is 18.6 Å². The molecular formula is C14H23ClN2O2. The van der Waals surface area contributed by atoms with E-state index in [-0.39, 0.29) is 18.3 Å². The number of nitrogens with one attached hydrogen (secondary N) is 1. The normalized spacial score (nSPS) is 9.58. The summed E-state index contributed by atoms with van der Waals surface area (Å²) < 4.78 is 5.60. The third kappa shape index (κ3) is 8.46. The number of unbranched alkanes of at least 4 members (excludes halogenated alkanes) is 1. The highest BCUT2D eigenvalue weighted by Crippen LogP contribution is 2.12. The molecule has 1 rings (SSSR count). The molecule has 0 aromatic heterocycles. The lowest BCUT2D eigenvalue weighted by atomic mass is 10.2. The van der Waals surface area contributed by atoms with Gasteiger partial charge in [0.15, 0.2) is 0 Å². The summed E-state index contributed by atoms with van der Waals surface area (Å²) in [4.78, 5) is 11.3. The van der Waals surface area contributed by atoms with Crippen LogP contribution in [0.2, 0.25) is 0 Å². The van der Waals surface area contributed by atoms with Gasteiger partial charge in [-0.1, -0.05) is 12.1 Å². The predicted octanol–water partition coefficient (Wildman–Crippen LogP) is 2.04. The molecule has 3 N–H and O–H groups in total. The standard InChI is InChI=1S/C14H22N2O2.ClH/c1-12-5-4-6-13(11-12)18-10-3-2-7-14(17)16-9-8-15;/h4-6,11H,2-3,7-10,15H2,1H3,(H,16,17);1H. The van der Waals surface area contributed by atoms with Crippen molar-refractivity contribution >= 4 is 18.3 Å². The van der Waals surface area contributed by atoms with Crippen molar-refractivity contribution in [2.45, 2.75) is 26.2 Å². The molecule has 108 valence electrons. The molecular weight excluding hydrogens is 264 g/mol. The molecule has 0 radical (unpaired) electrons. The van der Waals surface area contributed by atoms with Crippen LogP contribution in [-0.2, 0) is 4.79 Å². The minimum atomic E-state index is 0. The zero-order chi connectivity index (χ0) is 13.2. The van der Waals surface area contributed by atoms with E-state index in [1.165, 1.54) is 5.56 Å². The quantitative estimate of drug-likeness (QED) is 0.719. The smallest absolute Gasteiger partial charge is 0.220 e. The number of hydrogen-bond donors (Lipinski definition) is 2. The van der Waals surface area contributed by atoms with Crippen LogP contribution < -0.4 is 15.8 Å². The minimum Gasteiger partial charge on any atom is -0.494 e. The highest BCUT2D eigenvalue weighted by molar-refractivity contribution is 5.85. The second-order valence-corrected chi connectivity index (χ2v) is 4.26. The van der Waals surface area contributed by atoms with Gasteiger partial charge in [-0.05, 0) is 37.5 Å². The molecule has 0 aliphatic heterocycles. The Balaban J connectivity index is 0.00000324. The number of benzene rings is 1. The van der Waals surface area contributed by atoms with Crippen molar-refractivity contribution in [3.8, 4) is 5.75 Å². The lowest BCUT2D eigenvalue weighted by Gasteiger charge is -2.07.